The van der Waals surface area contributed by atoms with E-state index in [1.807, 2.05) is 12.1 Å². The highest BCUT2D eigenvalue weighted by molar-refractivity contribution is 9.10. The monoisotopic (exact) mass is 310 g/mol. The smallest absolute Gasteiger partial charge is 0.271 e. The molecule has 1 heterocycles. The summed E-state index contributed by atoms with van der Waals surface area (Å²) < 4.78 is 0.748. The lowest BCUT2D eigenvalue weighted by Crippen LogP contribution is -2.41. The van der Waals surface area contributed by atoms with E-state index in [2.05, 4.69) is 40.1 Å². The summed E-state index contributed by atoms with van der Waals surface area (Å²) in [4.78, 5) is 16.3. The topological polar surface area (TPSA) is 42.0 Å². The fourth-order valence-corrected chi connectivity index (χ4v) is 3.06. The summed E-state index contributed by atoms with van der Waals surface area (Å²) in [6, 6.07) is 3.92. The van der Waals surface area contributed by atoms with Crippen LogP contribution in [-0.4, -0.2) is 16.9 Å². The van der Waals surface area contributed by atoms with Crippen LogP contribution >= 0.6 is 15.9 Å². The van der Waals surface area contributed by atoms with Crippen molar-refractivity contribution in [3.8, 4) is 0 Å². The standard InChI is InChI=1S/C14H19BrN2O/c1-14(2)7-3-5-10(9-14)17-13(18)12-11(15)6-4-8-16-12/h4,6,8,10H,3,5,7,9H2,1-2H3,(H,17,18). The van der Waals surface area contributed by atoms with Crippen LogP contribution in [0.15, 0.2) is 22.8 Å². The molecule has 18 heavy (non-hydrogen) atoms. The zero-order valence-corrected chi connectivity index (χ0v) is 12.5. The van der Waals surface area contributed by atoms with Gasteiger partial charge >= 0.3 is 0 Å². The first kappa shape index (κ1) is 13.5. The third-order valence-corrected chi connectivity index (χ3v) is 4.15. The molecular formula is C14H19BrN2O. The fourth-order valence-electron chi connectivity index (χ4n) is 2.63. The van der Waals surface area contributed by atoms with E-state index in [9.17, 15) is 4.79 Å². The Morgan fingerprint density at radius 3 is 3.00 bits per heavy atom. The van der Waals surface area contributed by atoms with Crippen molar-refractivity contribution in [2.24, 2.45) is 5.41 Å². The quantitative estimate of drug-likeness (QED) is 0.907. The van der Waals surface area contributed by atoms with Gasteiger partial charge in [-0.1, -0.05) is 20.3 Å². The van der Waals surface area contributed by atoms with E-state index in [1.165, 1.54) is 12.8 Å². The maximum Gasteiger partial charge on any atom is 0.271 e. The van der Waals surface area contributed by atoms with Crippen LogP contribution in [0.25, 0.3) is 0 Å². The van der Waals surface area contributed by atoms with E-state index in [0.717, 1.165) is 17.3 Å². The van der Waals surface area contributed by atoms with E-state index in [1.54, 1.807) is 6.20 Å². The molecular weight excluding hydrogens is 292 g/mol. The van der Waals surface area contributed by atoms with Gasteiger partial charge in [0.1, 0.15) is 5.69 Å². The Balaban J connectivity index is 2.02. The second-order valence-corrected chi connectivity index (χ2v) is 6.62. The molecule has 1 unspecified atom stereocenters. The van der Waals surface area contributed by atoms with Crippen molar-refractivity contribution in [1.29, 1.82) is 0 Å². The van der Waals surface area contributed by atoms with Gasteiger partial charge in [0.25, 0.3) is 5.91 Å². The molecule has 1 atom stereocenters. The van der Waals surface area contributed by atoms with E-state index in [-0.39, 0.29) is 11.9 Å². The van der Waals surface area contributed by atoms with Gasteiger partial charge in [0.2, 0.25) is 0 Å². The molecule has 98 valence electrons. The number of amides is 1. The number of carbonyl (C=O) groups excluding carboxylic acids is 1. The van der Waals surface area contributed by atoms with Crippen molar-refractivity contribution >= 4 is 21.8 Å². The number of aromatic nitrogens is 1. The van der Waals surface area contributed by atoms with Gasteiger partial charge in [-0.15, -0.1) is 0 Å². The van der Waals surface area contributed by atoms with Crippen LogP contribution in [0.2, 0.25) is 0 Å². The molecule has 2 rings (SSSR count). The number of hydrogen-bond donors (Lipinski definition) is 1. The Kier molecular flexibility index (Phi) is 4.05. The van der Waals surface area contributed by atoms with Gasteiger partial charge in [0.15, 0.2) is 0 Å². The van der Waals surface area contributed by atoms with Crippen molar-refractivity contribution in [3.63, 3.8) is 0 Å². The van der Waals surface area contributed by atoms with E-state index in [0.29, 0.717) is 11.1 Å². The number of halogens is 1. The predicted octanol–water partition coefficient (Wildman–Crippen LogP) is 3.54. The molecule has 1 aromatic heterocycles. The molecule has 0 spiro atoms. The molecule has 0 bridgehead atoms. The van der Waals surface area contributed by atoms with Crippen molar-refractivity contribution in [3.05, 3.63) is 28.5 Å². The minimum absolute atomic E-state index is 0.0785. The zero-order valence-electron chi connectivity index (χ0n) is 10.9. The number of rotatable bonds is 2. The van der Waals surface area contributed by atoms with Crippen molar-refractivity contribution in [2.45, 2.75) is 45.6 Å². The SMILES string of the molecule is CC1(C)CCCC(NC(=O)c2ncccc2Br)C1. The minimum atomic E-state index is -0.0785. The van der Waals surface area contributed by atoms with E-state index < -0.39 is 0 Å². The summed E-state index contributed by atoms with van der Waals surface area (Å²) >= 11 is 3.36. The van der Waals surface area contributed by atoms with Gasteiger partial charge in [-0.25, -0.2) is 4.98 Å². The second kappa shape index (κ2) is 5.39. The molecule has 1 N–H and O–H groups in total. The first-order valence-electron chi connectivity index (χ1n) is 6.39. The van der Waals surface area contributed by atoms with Gasteiger partial charge in [-0.2, -0.15) is 0 Å². The summed E-state index contributed by atoms with van der Waals surface area (Å²) in [7, 11) is 0. The highest BCUT2D eigenvalue weighted by atomic mass is 79.9. The first-order chi connectivity index (χ1) is 8.48. The molecule has 1 aliphatic rings. The summed E-state index contributed by atoms with van der Waals surface area (Å²) in [5.74, 6) is -0.0785. The van der Waals surface area contributed by atoms with Crippen LogP contribution in [0, 0.1) is 5.41 Å². The maximum absolute atomic E-state index is 12.1. The molecule has 1 saturated carbocycles. The number of pyridine rings is 1. The highest BCUT2D eigenvalue weighted by Crippen LogP contribution is 2.35. The van der Waals surface area contributed by atoms with Gasteiger partial charge in [-0.05, 0) is 52.7 Å². The number of nitrogens with one attached hydrogen (secondary N) is 1. The first-order valence-corrected chi connectivity index (χ1v) is 7.19. The molecule has 0 aliphatic heterocycles. The van der Waals surface area contributed by atoms with Crippen LogP contribution in [0.4, 0.5) is 0 Å². The normalized spacial score (nSPS) is 22.5. The fraction of sp³-hybridized carbons (Fsp3) is 0.571. The Labute approximate surface area is 117 Å². The summed E-state index contributed by atoms with van der Waals surface area (Å²) in [5, 5.41) is 3.10. The van der Waals surface area contributed by atoms with Crippen molar-refractivity contribution in [2.75, 3.05) is 0 Å². The minimum Gasteiger partial charge on any atom is -0.348 e. The van der Waals surface area contributed by atoms with E-state index in [4.69, 9.17) is 0 Å². The summed E-state index contributed by atoms with van der Waals surface area (Å²) in [6.07, 6.45) is 6.18. The predicted molar refractivity (Wildman–Crippen MR) is 75.4 cm³/mol. The highest BCUT2D eigenvalue weighted by Gasteiger charge is 2.29. The summed E-state index contributed by atoms with van der Waals surface area (Å²) in [5.41, 5.74) is 0.804. The van der Waals surface area contributed by atoms with Gasteiger partial charge in [0, 0.05) is 16.7 Å². The molecule has 1 fully saturated rings. The third kappa shape index (κ3) is 3.31. The lowest BCUT2D eigenvalue weighted by atomic mass is 9.75. The van der Waals surface area contributed by atoms with Gasteiger partial charge in [-0.3, -0.25) is 4.79 Å². The molecule has 1 aromatic rings. The van der Waals surface area contributed by atoms with Crippen LogP contribution < -0.4 is 5.32 Å². The van der Waals surface area contributed by atoms with Crippen molar-refractivity contribution < 1.29 is 4.79 Å². The van der Waals surface area contributed by atoms with Crippen LogP contribution in [0.1, 0.15) is 50.0 Å². The van der Waals surface area contributed by atoms with Crippen LogP contribution in [0.5, 0.6) is 0 Å². The maximum atomic E-state index is 12.1. The molecule has 0 radical (unpaired) electrons. The largest absolute Gasteiger partial charge is 0.348 e. The molecule has 4 heteroatoms. The molecule has 1 amide bonds. The lowest BCUT2D eigenvalue weighted by Gasteiger charge is -2.35. The average Bonchev–Trinajstić information content (AvgIpc) is 2.28. The van der Waals surface area contributed by atoms with Crippen LogP contribution in [-0.2, 0) is 0 Å². The molecule has 3 nitrogen and oxygen atoms in total. The van der Waals surface area contributed by atoms with E-state index >= 15 is 0 Å². The molecule has 0 aromatic carbocycles. The number of nitrogens with zero attached hydrogens (tertiary/aromatic N) is 1. The van der Waals surface area contributed by atoms with Gasteiger partial charge in [0.05, 0.1) is 0 Å². The van der Waals surface area contributed by atoms with Crippen LogP contribution in [0.3, 0.4) is 0 Å². The Bertz CT molecular complexity index is 445. The second-order valence-electron chi connectivity index (χ2n) is 5.76. The zero-order chi connectivity index (χ0) is 13.2. The average molecular weight is 311 g/mol. The Morgan fingerprint density at radius 2 is 2.33 bits per heavy atom. The van der Waals surface area contributed by atoms with Crippen molar-refractivity contribution in [1.82, 2.24) is 10.3 Å². The third-order valence-electron chi connectivity index (χ3n) is 3.51. The number of hydrogen-bond acceptors (Lipinski definition) is 2. The summed E-state index contributed by atoms with van der Waals surface area (Å²) in [6.45, 7) is 4.53. The van der Waals surface area contributed by atoms with Gasteiger partial charge < -0.3 is 5.32 Å². The lowest BCUT2D eigenvalue weighted by molar-refractivity contribution is 0.0896. The molecule has 1 aliphatic carbocycles. The Morgan fingerprint density at radius 1 is 1.56 bits per heavy atom. The number of carbonyl (C=O) groups is 1. The Hall–Kier alpha value is -0.900. The molecule has 0 saturated heterocycles.